The van der Waals surface area contributed by atoms with Crippen LogP contribution in [0.5, 0.6) is 5.75 Å². The van der Waals surface area contributed by atoms with E-state index in [1.54, 1.807) is 6.08 Å². The van der Waals surface area contributed by atoms with Crippen LogP contribution < -0.4 is 4.74 Å². The van der Waals surface area contributed by atoms with Crippen molar-refractivity contribution in [2.24, 2.45) is 0 Å². The molecular weight excluding hydrogens is 296 g/mol. The summed E-state index contributed by atoms with van der Waals surface area (Å²) >= 11 is 0. The zero-order valence-corrected chi connectivity index (χ0v) is 14.3. The number of allylic oxidation sites excluding steroid dienone is 1. The second-order valence-electron chi connectivity index (χ2n) is 5.93. The Bertz CT molecular complexity index is 637. The van der Waals surface area contributed by atoms with Gasteiger partial charge >= 0.3 is 0 Å². The van der Waals surface area contributed by atoms with Crippen molar-refractivity contribution in [1.29, 1.82) is 0 Å². The van der Waals surface area contributed by atoms with E-state index in [4.69, 9.17) is 4.74 Å². The van der Waals surface area contributed by atoms with Crippen LogP contribution in [0.4, 0.5) is 0 Å². The molecule has 0 bridgehead atoms. The van der Waals surface area contributed by atoms with E-state index in [-0.39, 0.29) is 6.10 Å². The summed E-state index contributed by atoms with van der Waals surface area (Å²) in [5, 5.41) is 9.23. The molecule has 1 unspecified atom stereocenters. The average Bonchev–Trinajstić information content (AvgIpc) is 2.60. The molecule has 0 aliphatic heterocycles. The Morgan fingerprint density at radius 1 is 1.04 bits per heavy atom. The lowest BCUT2D eigenvalue weighted by molar-refractivity contribution is 0.182. The Hall–Kier alpha value is -2.32. The highest BCUT2D eigenvalue weighted by molar-refractivity contribution is 5.66. The standard InChI is InChI=1S/C22H26O2/c1-3-17-24-22-15-13-21(14-16-22)20-11-9-19(10-12-20)8-6-4-5-7-18(2)23/h3,6,8-16,18,23H,1,4-5,7,17H2,2H3/b8-6+. The Labute approximate surface area is 145 Å². The lowest BCUT2D eigenvalue weighted by atomic mass is 10.0. The predicted molar refractivity (Wildman–Crippen MR) is 102 cm³/mol. The van der Waals surface area contributed by atoms with Gasteiger partial charge in [0.2, 0.25) is 0 Å². The fourth-order valence-corrected chi connectivity index (χ4v) is 2.44. The summed E-state index contributed by atoms with van der Waals surface area (Å²) in [6.45, 7) is 6.01. The van der Waals surface area contributed by atoms with Gasteiger partial charge in [0.15, 0.2) is 0 Å². The van der Waals surface area contributed by atoms with E-state index in [2.05, 4.69) is 55.1 Å². The van der Waals surface area contributed by atoms with E-state index in [0.29, 0.717) is 6.61 Å². The predicted octanol–water partition coefficient (Wildman–Crippen LogP) is 5.48. The van der Waals surface area contributed by atoms with E-state index >= 15 is 0 Å². The smallest absolute Gasteiger partial charge is 0.119 e. The van der Waals surface area contributed by atoms with Gasteiger partial charge < -0.3 is 9.84 Å². The van der Waals surface area contributed by atoms with E-state index in [1.807, 2.05) is 19.1 Å². The summed E-state index contributed by atoms with van der Waals surface area (Å²) in [6.07, 6.45) is 8.72. The molecule has 126 valence electrons. The SMILES string of the molecule is C=CCOc1ccc(-c2ccc(/C=C/CCCC(C)O)cc2)cc1. The number of aliphatic hydroxyl groups is 1. The fraction of sp³-hybridized carbons (Fsp3) is 0.273. The van der Waals surface area contributed by atoms with Gasteiger partial charge in [-0.1, -0.05) is 61.2 Å². The van der Waals surface area contributed by atoms with Gasteiger partial charge in [0.25, 0.3) is 0 Å². The minimum atomic E-state index is -0.203. The first-order valence-corrected chi connectivity index (χ1v) is 8.48. The van der Waals surface area contributed by atoms with E-state index in [9.17, 15) is 5.11 Å². The first-order chi connectivity index (χ1) is 11.7. The zero-order valence-electron chi connectivity index (χ0n) is 14.3. The third-order valence-corrected chi connectivity index (χ3v) is 3.77. The first kappa shape index (κ1) is 18.0. The molecule has 0 saturated carbocycles. The lowest BCUT2D eigenvalue weighted by Crippen LogP contribution is -1.97. The van der Waals surface area contributed by atoms with Crippen LogP contribution in [-0.2, 0) is 0 Å². The molecule has 2 nitrogen and oxygen atoms in total. The van der Waals surface area contributed by atoms with Gasteiger partial charge in [-0.05, 0) is 55.0 Å². The number of aliphatic hydroxyl groups excluding tert-OH is 1. The number of hydrogen-bond acceptors (Lipinski definition) is 2. The van der Waals surface area contributed by atoms with Crippen molar-refractivity contribution < 1.29 is 9.84 Å². The molecule has 0 aliphatic rings. The monoisotopic (exact) mass is 322 g/mol. The second-order valence-corrected chi connectivity index (χ2v) is 5.93. The molecule has 0 spiro atoms. The van der Waals surface area contributed by atoms with Crippen LogP contribution in [0.3, 0.4) is 0 Å². The van der Waals surface area contributed by atoms with Gasteiger partial charge in [-0.3, -0.25) is 0 Å². The van der Waals surface area contributed by atoms with Gasteiger partial charge in [-0.25, -0.2) is 0 Å². The third-order valence-electron chi connectivity index (χ3n) is 3.77. The first-order valence-electron chi connectivity index (χ1n) is 8.48. The average molecular weight is 322 g/mol. The maximum atomic E-state index is 9.23. The van der Waals surface area contributed by atoms with Crippen LogP contribution in [0, 0.1) is 0 Å². The minimum Gasteiger partial charge on any atom is -0.490 e. The summed E-state index contributed by atoms with van der Waals surface area (Å²) in [5.74, 6) is 0.857. The molecule has 2 aromatic rings. The van der Waals surface area contributed by atoms with E-state index in [1.165, 1.54) is 16.7 Å². The maximum Gasteiger partial charge on any atom is 0.119 e. The van der Waals surface area contributed by atoms with Gasteiger partial charge in [-0.15, -0.1) is 0 Å². The molecule has 0 radical (unpaired) electrons. The van der Waals surface area contributed by atoms with Gasteiger partial charge in [0.05, 0.1) is 6.10 Å². The summed E-state index contributed by atoms with van der Waals surface area (Å²) in [7, 11) is 0. The molecule has 0 saturated heterocycles. The Balaban J connectivity index is 1.91. The maximum absolute atomic E-state index is 9.23. The van der Waals surface area contributed by atoms with Crippen LogP contribution in [0.1, 0.15) is 31.7 Å². The Morgan fingerprint density at radius 2 is 1.67 bits per heavy atom. The van der Waals surface area contributed by atoms with Crippen molar-refractivity contribution in [2.45, 2.75) is 32.3 Å². The topological polar surface area (TPSA) is 29.5 Å². The van der Waals surface area contributed by atoms with E-state index < -0.39 is 0 Å². The van der Waals surface area contributed by atoms with Crippen LogP contribution in [0.2, 0.25) is 0 Å². The van der Waals surface area contributed by atoms with Crippen molar-refractivity contribution in [2.75, 3.05) is 6.61 Å². The molecule has 0 fully saturated rings. The van der Waals surface area contributed by atoms with Gasteiger partial charge in [-0.2, -0.15) is 0 Å². The molecule has 24 heavy (non-hydrogen) atoms. The quantitative estimate of drug-likeness (QED) is 0.489. The molecular formula is C22H26O2. The molecule has 2 heteroatoms. The number of hydrogen-bond donors (Lipinski definition) is 1. The molecule has 1 N–H and O–H groups in total. The van der Waals surface area contributed by atoms with Gasteiger partial charge in [0, 0.05) is 0 Å². The molecule has 0 amide bonds. The zero-order chi connectivity index (χ0) is 17.2. The van der Waals surface area contributed by atoms with Crippen LogP contribution >= 0.6 is 0 Å². The molecule has 0 aromatic heterocycles. The van der Waals surface area contributed by atoms with Crippen LogP contribution in [-0.4, -0.2) is 17.8 Å². The molecule has 2 rings (SSSR count). The Kier molecular flexibility index (Phi) is 7.31. The van der Waals surface area contributed by atoms with Crippen molar-refractivity contribution in [3.63, 3.8) is 0 Å². The van der Waals surface area contributed by atoms with Crippen molar-refractivity contribution >= 4 is 6.08 Å². The van der Waals surface area contributed by atoms with Crippen LogP contribution in [0.15, 0.2) is 67.3 Å². The highest BCUT2D eigenvalue weighted by Crippen LogP contribution is 2.23. The Morgan fingerprint density at radius 3 is 2.25 bits per heavy atom. The molecule has 0 aliphatic carbocycles. The van der Waals surface area contributed by atoms with Crippen molar-refractivity contribution in [3.8, 4) is 16.9 Å². The lowest BCUT2D eigenvalue weighted by Gasteiger charge is -2.06. The van der Waals surface area contributed by atoms with E-state index in [0.717, 1.165) is 25.0 Å². The summed E-state index contributed by atoms with van der Waals surface area (Å²) in [4.78, 5) is 0. The highest BCUT2D eigenvalue weighted by Gasteiger charge is 1.99. The number of ether oxygens (including phenoxy) is 1. The largest absolute Gasteiger partial charge is 0.490 e. The number of unbranched alkanes of at least 4 members (excludes halogenated alkanes) is 1. The summed E-state index contributed by atoms with van der Waals surface area (Å²) < 4.78 is 5.50. The molecule has 0 heterocycles. The summed E-state index contributed by atoms with van der Waals surface area (Å²) in [5.41, 5.74) is 3.56. The summed E-state index contributed by atoms with van der Waals surface area (Å²) in [6, 6.07) is 16.6. The molecule has 1 atom stereocenters. The third kappa shape index (κ3) is 6.05. The fourth-order valence-electron chi connectivity index (χ4n) is 2.44. The normalized spacial score (nSPS) is 12.2. The van der Waals surface area contributed by atoms with Crippen molar-refractivity contribution in [3.05, 3.63) is 72.8 Å². The van der Waals surface area contributed by atoms with Crippen molar-refractivity contribution in [1.82, 2.24) is 0 Å². The van der Waals surface area contributed by atoms with Crippen LogP contribution in [0.25, 0.3) is 17.2 Å². The van der Waals surface area contributed by atoms with Gasteiger partial charge in [0.1, 0.15) is 12.4 Å². The molecule has 2 aromatic carbocycles. The minimum absolute atomic E-state index is 0.203. The highest BCUT2D eigenvalue weighted by atomic mass is 16.5. The second kappa shape index (κ2) is 9.74. The number of benzene rings is 2. The number of rotatable bonds is 9.